The zero-order valence-electron chi connectivity index (χ0n) is 7.44. The number of carbonyl (C=O) groups is 1. The molecular formula is C7H9F4NO3. The van der Waals surface area contributed by atoms with Gasteiger partial charge in [0.2, 0.25) is 0 Å². The summed E-state index contributed by atoms with van der Waals surface area (Å²) in [7, 11) is 0. The van der Waals surface area contributed by atoms with Gasteiger partial charge in [-0.1, -0.05) is 0 Å². The molecule has 3 N–H and O–H groups in total. The lowest BCUT2D eigenvalue weighted by molar-refractivity contribution is -0.192. The second-order valence-electron chi connectivity index (χ2n) is 2.57. The largest absolute Gasteiger partial charge is 0.490 e. The summed E-state index contributed by atoms with van der Waals surface area (Å²) in [6, 6.07) is 0. The Morgan fingerprint density at radius 3 is 1.87 bits per heavy atom. The summed E-state index contributed by atoms with van der Waals surface area (Å²) in [6.45, 7) is 0.760. The van der Waals surface area contributed by atoms with Crippen LogP contribution in [-0.2, 0) is 4.79 Å². The minimum Gasteiger partial charge on any atom is -0.475 e. The van der Waals surface area contributed by atoms with E-state index in [1.807, 2.05) is 0 Å². The van der Waals surface area contributed by atoms with E-state index >= 15 is 0 Å². The van der Waals surface area contributed by atoms with Gasteiger partial charge in [0.15, 0.2) is 0 Å². The highest BCUT2D eigenvalue weighted by Crippen LogP contribution is 2.13. The van der Waals surface area contributed by atoms with Gasteiger partial charge in [-0.3, -0.25) is 0 Å². The monoisotopic (exact) mass is 231 g/mol. The zero-order valence-corrected chi connectivity index (χ0v) is 7.44. The predicted octanol–water partition coefficient (Wildman–Crippen LogP) is 0.439. The lowest BCUT2D eigenvalue weighted by Gasteiger charge is -2.18. The number of carboxylic acids is 1. The molecular weight excluding hydrogens is 222 g/mol. The molecule has 1 aliphatic heterocycles. The summed E-state index contributed by atoms with van der Waals surface area (Å²) >= 11 is 0. The zero-order chi connectivity index (χ0) is 12.1. The van der Waals surface area contributed by atoms with E-state index in [1.54, 1.807) is 0 Å². The number of hydrogen-bond acceptors (Lipinski definition) is 3. The van der Waals surface area contributed by atoms with Gasteiger partial charge >= 0.3 is 12.1 Å². The summed E-state index contributed by atoms with van der Waals surface area (Å²) in [5.74, 6) is -3.13. The second-order valence-corrected chi connectivity index (χ2v) is 2.57. The smallest absolute Gasteiger partial charge is 0.475 e. The summed E-state index contributed by atoms with van der Waals surface area (Å²) in [4.78, 5) is 8.90. The summed E-state index contributed by atoms with van der Waals surface area (Å²) < 4.78 is 43.9. The Balaban J connectivity index is 0.000000265. The molecule has 1 rings (SSSR count). The first-order chi connectivity index (χ1) is 6.79. The van der Waals surface area contributed by atoms with E-state index in [2.05, 4.69) is 5.32 Å². The molecule has 0 aromatic heterocycles. The van der Waals surface area contributed by atoms with Crippen molar-refractivity contribution in [2.45, 2.75) is 6.18 Å². The van der Waals surface area contributed by atoms with Gasteiger partial charge in [-0.25, -0.2) is 9.18 Å². The first-order valence-corrected chi connectivity index (χ1v) is 3.77. The second kappa shape index (κ2) is 5.66. The Labute approximate surface area is 82.2 Å². The lowest BCUT2D eigenvalue weighted by atomic mass is 10.1. The SMILES string of the molecule is O=C(O)C(F)(F)F.OCC(F)=C1CNC1. The molecule has 1 aliphatic rings. The Morgan fingerprint density at radius 1 is 1.40 bits per heavy atom. The molecule has 0 radical (unpaired) electrons. The van der Waals surface area contributed by atoms with E-state index in [0.29, 0.717) is 18.7 Å². The molecule has 15 heavy (non-hydrogen) atoms. The van der Waals surface area contributed by atoms with E-state index in [1.165, 1.54) is 0 Å². The van der Waals surface area contributed by atoms with Crippen molar-refractivity contribution >= 4 is 5.97 Å². The highest BCUT2D eigenvalue weighted by molar-refractivity contribution is 5.73. The van der Waals surface area contributed by atoms with Crippen molar-refractivity contribution in [3.8, 4) is 0 Å². The van der Waals surface area contributed by atoms with Crippen LogP contribution in [0, 0.1) is 0 Å². The van der Waals surface area contributed by atoms with Crippen LogP contribution < -0.4 is 5.32 Å². The molecule has 0 spiro atoms. The van der Waals surface area contributed by atoms with Gasteiger partial charge in [-0.2, -0.15) is 13.2 Å². The van der Waals surface area contributed by atoms with Crippen LogP contribution in [-0.4, -0.2) is 42.1 Å². The van der Waals surface area contributed by atoms with Crippen molar-refractivity contribution in [3.05, 3.63) is 11.4 Å². The molecule has 0 atom stereocenters. The molecule has 0 aromatic rings. The van der Waals surface area contributed by atoms with Crippen LogP contribution in [0.3, 0.4) is 0 Å². The van der Waals surface area contributed by atoms with E-state index in [-0.39, 0.29) is 5.83 Å². The van der Waals surface area contributed by atoms with Gasteiger partial charge < -0.3 is 15.5 Å². The van der Waals surface area contributed by atoms with Crippen LogP contribution in [0.25, 0.3) is 0 Å². The van der Waals surface area contributed by atoms with Crippen molar-refractivity contribution in [2.24, 2.45) is 0 Å². The quantitative estimate of drug-likeness (QED) is 0.573. The fraction of sp³-hybridized carbons (Fsp3) is 0.571. The Morgan fingerprint density at radius 2 is 1.80 bits per heavy atom. The summed E-state index contributed by atoms with van der Waals surface area (Å²) in [5.41, 5.74) is 0.701. The van der Waals surface area contributed by atoms with Gasteiger partial charge in [-0.15, -0.1) is 0 Å². The number of carboxylic acid groups (broad SMARTS) is 1. The summed E-state index contributed by atoms with van der Waals surface area (Å²) in [6.07, 6.45) is -5.08. The highest BCUT2D eigenvalue weighted by Gasteiger charge is 2.38. The topological polar surface area (TPSA) is 69.6 Å². The normalized spacial score (nSPS) is 14.9. The average molecular weight is 231 g/mol. The maximum absolute atomic E-state index is 12.2. The third kappa shape index (κ3) is 5.33. The molecule has 0 aliphatic carbocycles. The van der Waals surface area contributed by atoms with Crippen LogP contribution in [0.4, 0.5) is 17.6 Å². The van der Waals surface area contributed by atoms with Crippen LogP contribution in [0.2, 0.25) is 0 Å². The third-order valence-electron chi connectivity index (χ3n) is 1.44. The van der Waals surface area contributed by atoms with E-state index in [4.69, 9.17) is 15.0 Å². The number of nitrogens with one attached hydrogen (secondary N) is 1. The Hall–Kier alpha value is -1.15. The summed E-state index contributed by atoms with van der Waals surface area (Å²) in [5, 5.41) is 18.2. The van der Waals surface area contributed by atoms with Crippen LogP contribution in [0.15, 0.2) is 11.4 Å². The first-order valence-electron chi connectivity index (χ1n) is 3.77. The van der Waals surface area contributed by atoms with Gasteiger partial charge in [0.25, 0.3) is 0 Å². The minimum absolute atomic E-state index is 0.372. The van der Waals surface area contributed by atoms with Crippen LogP contribution in [0.1, 0.15) is 0 Å². The molecule has 1 saturated heterocycles. The molecule has 0 aromatic carbocycles. The van der Waals surface area contributed by atoms with E-state index in [9.17, 15) is 17.6 Å². The van der Waals surface area contributed by atoms with Crippen molar-refractivity contribution < 1.29 is 32.6 Å². The number of rotatable bonds is 1. The molecule has 0 saturated carbocycles. The minimum atomic E-state index is -5.08. The fourth-order valence-corrected chi connectivity index (χ4v) is 0.554. The molecule has 4 nitrogen and oxygen atoms in total. The molecule has 0 amide bonds. The van der Waals surface area contributed by atoms with Crippen molar-refractivity contribution in [1.82, 2.24) is 5.32 Å². The Bertz CT molecular complexity index is 250. The maximum Gasteiger partial charge on any atom is 0.490 e. The van der Waals surface area contributed by atoms with Crippen molar-refractivity contribution in [3.63, 3.8) is 0 Å². The molecule has 8 heteroatoms. The number of hydrogen-bond donors (Lipinski definition) is 3. The molecule has 0 bridgehead atoms. The van der Waals surface area contributed by atoms with E-state index < -0.39 is 18.8 Å². The molecule has 0 unspecified atom stereocenters. The highest BCUT2D eigenvalue weighted by atomic mass is 19.4. The van der Waals surface area contributed by atoms with Crippen LogP contribution in [0.5, 0.6) is 0 Å². The average Bonchev–Trinajstić information content (AvgIpc) is 2.00. The molecule has 1 fully saturated rings. The van der Waals surface area contributed by atoms with Crippen molar-refractivity contribution in [2.75, 3.05) is 19.7 Å². The van der Waals surface area contributed by atoms with Gasteiger partial charge in [0, 0.05) is 13.1 Å². The van der Waals surface area contributed by atoms with Crippen molar-refractivity contribution in [1.29, 1.82) is 0 Å². The lowest BCUT2D eigenvalue weighted by Crippen LogP contribution is -2.34. The predicted molar refractivity (Wildman–Crippen MR) is 41.8 cm³/mol. The third-order valence-corrected chi connectivity index (χ3v) is 1.44. The number of alkyl halides is 3. The molecule has 88 valence electrons. The Kier molecular flexibility index (Phi) is 5.23. The number of aliphatic hydroxyl groups is 1. The van der Waals surface area contributed by atoms with E-state index in [0.717, 1.165) is 0 Å². The number of aliphatic carboxylic acids is 1. The maximum atomic E-state index is 12.2. The first kappa shape index (κ1) is 13.8. The van der Waals surface area contributed by atoms with Crippen LogP contribution >= 0.6 is 0 Å². The standard InChI is InChI=1S/C5H8FNO.C2HF3O2/c6-5(3-8)4-1-7-2-4;3-2(4,5)1(6)7/h7-8H,1-3H2;(H,6,7). The van der Waals surface area contributed by atoms with Gasteiger partial charge in [-0.05, 0) is 5.57 Å². The molecule has 1 heterocycles. The van der Waals surface area contributed by atoms with Gasteiger partial charge in [0.1, 0.15) is 5.83 Å². The number of aliphatic hydroxyl groups excluding tert-OH is 1. The fourth-order valence-electron chi connectivity index (χ4n) is 0.554. The number of halogens is 4. The van der Waals surface area contributed by atoms with Gasteiger partial charge in [0.05, 0.1) is 6.61 Å².